The monoisotopic (exact) mass is 311 g/mol. The maximum absolute atomic E-state index is 3.71. The van der Waals surface area contributed by atoms with E-state index >= 15 is 0 Å². The molecule has 0 saturated heterocycles. The van der Waals surface area contributed by atoms with Gasteiger partial charge in [-0.15, -0.1) is 0 Å². The molecule has 0 spiro atoms. The van der Waals surface area contributed by atoms with E-state index in [2.05, 4.69) is 67.1 Å². The number of aryl methyl sites for hydroxylation is 1. The third-order valence-electron chi connectivity index (χ3n) is 3.40. The van der Waals surface area contributed by atoms with E-state index < -0.39 is 0 Å². The molecular formula is C16H26BrN. The van der Waals surface area contributed by atoms with Gasteiger partial charge in [-0.05, 0) is 43.0 Å². The molecule has 0 bridgehead atoms. The van der Waals surface area contributed by atoms with Crippen molar-refractivity contribution < 1.29 is 0 Å². The molecule has 0 radical (unpaired) electrons. The summed E-state index contributed by atoms with van der Waals surface area (Å²) in [7, 11) is 0. The van der Waals surface area contributed by atoms with Crippen molar-refractivity contribution in [3.8, 4) is 0 Å². The third kappa shape index (κ3) is 4.74. The molecule has 1 N–H and O–H groups in total. The molecule has 18 heavy (non-hydrogen) atoms. The Bertz CT molecular complexity index is 362. The Hall–Kier alpha value is -0.340. The van der Waals surface area contributed by atoms with Crippen LogP contribution in [0.1, 0.15) is 57.2 Å². The quantitative estimate of drug-likeness (QED) is 0.726. The van der Waals surface area contributed by atoms with Gasteiger partial charge in [0.25, 0.3) is 0 Å². The first-order chi connectivity index (χ1) is 8.58. The minimum Gasteiger partial charge on any atom is -0.310 e. The zero-order chi connectivity index (χ0) is 13.5. The molecule has 0 saturated carbocycles. The highest BCUT2D eigenvalue weighted by molar-refractivity contribution is 9.10. The summed E-state index contributed by atoms with van der Waals surface area (Å²) < 4.78 is 1.23. The lowest BCUT2D eigenvalue weighted by Gasteiger charge is -2.23. The van der Waals surface area contributed by atoms with E-state index in [-0.39, 0.29) is 0 Å². The topological polar surface area (TPSA) is 12.0 Å². The fraction of sp³-hybridized carbons (Fsp3) is 0.625. The predicted octanol–water partition coefficient (Wildman–Crippen LogP) is 5.23. The van der Waals surface area contributed by atoms with Crippen molar-refractivity contribution in [2.45, 2.75) is 53.0 Å². The van der Waals surface area contributed by atoms with Crippen molar-refractivity contribution in [1.82, 2.24) is 5.32 Å². The zero-order valence-electron chi connectivity index (χ0n) is 12.1. The van der Waals surface area contributed by atoms with Crippen LogP contribution in [0.2, 0.25) is 0 Å². The number of hydrogen-bond donors (Lipinski definition) is 1. The molecular weight excluding hydrogens is 286 g/mol. The molecule has 1 aromatic rings. The van der Waals surface area contributed by atoms with Crippen molar-refractivity contribution in [1.29, 1.82) is 0 Å². The standard InChI is InChI=1S/C16H26BrN/c1-5-7-12(3)11-16(18-6-2)14-9-8-13(4)10-15(14)17/h8-10,12,16,18H,5-7,11H2,1-4H3. The summed E-state index contributed by atoms with van der Waals surface area (Å²) in [6, 6.07) is 7.14. The van der Waals surface area contributed by atoms with Gasteiger partial charge in [-0.1, -0.05) is 61.7 Å². The van der Waals surface area contributed by atoms with Gasteiger partial charge < -0.3 is 5.32 Å². The van der Waals surface area contributed by atoms with Gasteiger partial charge in [-0.25, -0.2) is 0 Å². The minimum atomic E-state index is 0.464. The summed E-state index contributed by atoms with van der Waals surface area (Å²) in [5.41, 5.74) is 2.70. The van der Waals surface area contributed by atoms with Crippen molar-refractivity contribution in [3.05, 3.63) is 33.8 Å². The summed E-state index contributed by atoms with van der Waals surface area (Å²) in [5, 5.41) is 3.62. The van der Waals surface area contributed by atoms with E-state index in [0.717, 1.165) is 12.5 Å². The summed E-state index contributed by atoms with van der Waals surface area (Å²) in [6.07, 6.45) is 3.80. The summed E-state index contributed by atoms with van der Waals surface area (Å²) in [4.78, 5) is 0. The van der Waals surface area contributed by atoms with E-state index in [1.807, 2.05) is 0 Å². The number of nitrogens with one attached hydrogen (secondary N) is 1. The molecule has 1 rings (SSSR count). The van der Waals surface area contributed by atoms with E-state index in [4.69, 9.17) is 0 Å². The highest BCUT2D eigenvalue weighted by atomic mass is 79.9. The summed E-state index contributed by atoms with van der Waals surface area (Å²) in [6.45, 7) is 9.95. The third-order valence-corrected chi connectivity index (χ3v) is 4.09. The van der Waals surface area contributed by atoms with Crippen LogP contribution in [-0.4, -0.2) is 6.54 Å². The second kappa shape index (κ2) is 7.96. The van der Waals surface area contributed by atoms with Crippen molar-refractivity contribution >= 4 is 15.9 Å². The Morgan fingerprint density at radius 3 is 2.56 bits per heavy atom. The van der Waals surface area contributed by atoms with E-state index in [0.29, 0.717) is 6.04 Å². The zero-order valence-corrected chi connectivity index (χ0v) is 13.7. The van der Waals surface area contributed by atoms with Crippen LogP contribution in [0.25, 0.3) is 0 Å². The van der Waals surface area contributed by atoms with Gasteiger partial charge >= 0.3 is 0 Å². The summed E-state index contributed by atoms with van der Waals surface area (Å²) in [5.74, 6) is 0.771. The number of benzene rings is 1. The minimum absolute atomic E-state index is 0.464. The molecule has 1 aromatic carbocycles. The number of hydrogen-bond acceptors (Lipinski definition) is 1. The van der Waals surface area contributed by atoms with Crippen LogP contribution >= 0.6 is 15.9 Å². The van der Waals surface area contributed by atoms with Gasteiger partial charge in [0.15, 0.2) is 0 Å². The van der Waals surface area contributed by atoms with Crippen LogP contribution in [0.5, 0.6) is 0 Å². The second-order valence-corrected chi connectivity index (χ2v) is 6.12. The second-order valence-electron chi connectivity index (χ2n) is 5.26. The van der Waals surface area contributed by atoms with Gasteiger partial charge in [0.1, 0.15) is 0 Å². The average Bonchev–Trinajstić information content (AvgIpc) is 2.29. The normalized spacial score (nSPS) is 14.5. The lowest BCUT2D eigenvalue weighted by molar-refractivity contribution is 0.394. The molecule has 1 nitrogen and oxygen atoms in total. The Kier molecular flexibility index (Phi) is 6.95. The van der Waals surface area contributed by atoms with Crippen LogP contribution in [0.15, 0.2) is 22.7 Å². The Morgan fingerprint density at radius 1 is 1.28 bits per heavy atom. The highest BCUT2D eigenvalue weighted by Gasteiger charge is 2.16. The van der Waals surface area contributed by atoms with Gasteiger partial charge in [0, 0.05) is 10.5 Å². The van der Waals surface area contributed by atoms with Crippen LogP contribution < -0.4 is 5.32 Å². The Labute approximate surface area is 120 Å². The van der Waals surface area contributed by atoms with Crippen molar-refractivity contribution in [3.63, 3.8) is 0 Å². The largest absolute Gasteiger partial charge is 0.310 e. The molecule has 0 aliphatic rings. The van der Waals surface area contributed by atoms with Crippen LogP contribution in [0.3, 0.4) is 0 Å². The molecule has 2 unspecified atom stereocenters. The first-order valence-corrected chi connectivity index (χ1v) is 7.87. The maximum atomic E-state index is 3.71. The van der Waals surface area contributed by atoms with Gasteiger partial charge in [-0.2, -0.15) is 0 Å². The number of rotatable bonds is 7. The fourth-order valence-electron chi connectivity index (χ4n) is 2.49. The smallest absolute Gasteiger partial charge is 0.0333 e. The maximum Gasteiger partial charge on any atom is 0.0333 e. The van der Waals surface area contributed by atoms with Crippen LogP contribution in [0, 0.1) is 12.8 Å². The number of halogens is 1. The molecule has 2 atom stereocenters. The first kappa shape index (κ1) is 15.7. The molecule has 0 amide bonds. The SMILES string of the molecule is CCCC(C)CC(NCC)c1ccc(C)cc1Br. The van der Waals surface area contributed by atoms with Gasteiger partial charge in [-0.3, -0.25) is 0 Å². The van der Waals surface area contributed by atoms with E-state index in [1.54, 1.807) is 0 Å². The molecule has 0 fully saturated rings. The fourth-order valence-corrected chi connectivity index (χ4v) is 3.26. The molecule has 0 aromatic heterocycles. The van der Waals surface area contributed by atoms with Crippen LogP contribution in [0.4, 0.5) is 0 Å². The van der Waals surface area contributed by atoms with Gasteiger partial charge in [0.05, 0.1) is 0 Å². The summed E-state index contributed by atoms with van der Waals surface area (Å²) >= 11 is 3.71. The predicted molar refractivity (Wildman–Crippen MR) is 84.0 cm³/mol. The highest BCUT2D eigenvalue weighted by Crippen LogP contribution is 2.30. The molecule has 102 valence electrons. The molecule has 0 heterocycles. The molecule has 2 heteroatoms. The van der Waals surface area contributed by atoms with E-state index in [1.165, 1.54) is 34.9 Å². The van der Waals surface area contributed by atoms with Gasteiger partial charge in [0.2, 0.25) is 0 Å². The van der Waals surface area contributed by atoms with Crippen molar-refractivity contribution in [2.24, 2.45) is 5.92 Å². The Morgan fingerprint density at radius 2 is 2.00 bits per heavy atom. The van der Waals surface area contributed by atoms with E-state index in [9.17, 15) is 0 Å². The molecule has 0 aliphatic heterocycles. The Balaban J connectivity index is 2.82. The lowest BCUT2D eigenvalue weighted by atomic mass is 9.92. The molecule has 0 aliphatic carbocycles. The first-order valence-electron chi connectivity index (χ1n) is 7.07. The average molecular weight is 312 g/mol. The lowest BCUT2D eigenvalue weighted by Crippen LogP contribution is -2.23. The van der Waals surface area contributed by atoms with Crippen LogP contribution in [-0.2, 0) is 0 Å². The van der Waals surface area contributed by atoms with Crippen molar-refractivity contribution in [2.75, 3.05) is 6.54 Å².